The Morgan fingerprint density at radius 2 is 2.08 bits per heavy atom. The number of aromatic nitrogens is 1. The fourth-order valence-electron chi connectivity index (χ4n) is 1.14. The van der Waals surface area contributed by atoms with E-state index in [9.17, 15) is 4.79 Å². The second-order valence-electron chi connectivity index (χ2n) is 2.68. The van der Waals surface area contributed by atoms with Crippen LogP contribution in [0.1, 0.15) is 6.42 Å². The molecule has 1 aromatic heterocycles. The van der Waals surface area contributed by atoms with Crippen LogP contribution in [0.25, 0.3) is 0 Å². The van der Waals surface area contributed by atoms with Crippen LogP contribution in [0.4, 0.5) is 5.69 Å². The molecule has 0 fully saturated rings. The Morgan fingerprint density at radius 3 is 2.62 bits per heavy atom. The molecule has 0 unspecified atom stereocenters. The molecule has 0 bridgehead atoms. The summed E-state index contributed by atoms with van der Waals surface area (Å²) >= 11 is 0. The first-order valence-electron chi connectivity index (χ1n) is 3.83. The standard InChI is InChI=1S/C8H8N4O/c9-7-5-8(13)12(11-7)6-1-3-10-4-2-6/h1-4H,5H2,(H2,9,11). The largest absolute Gasteiger partial charge is 0.385 e. The highest BCUT2D eigenvalue weighted by Crippen LogP contribution is 2.17. The Morgan fingerprint density at radius 1 is 1.38 bits per heavy atom. The average molecular weight is 176 g/mol. The summed E-state index contributed by atoms with van der Waals surface area (Å²) in [5.74, 6) is 0.241. The van der Waals surface area contributed by atoms with Gasteiger partial charge in [0.25, 0.3) is 5.91 Å². The van der Waals surface area contributed by atoms with Crippen molar-refractivity contribution in [1.82, 2.24) is 4.98 Å². The Hall–Kier alpha value is -1.91. The van der Waals surface area contributed by atoms with Crippen molar-refractivity contribution in [3.05, 3.63) is 24.5 Å². The maximum absolute atomic E-state index is 11.3. The van der Waals surface area contributed by atoms with Crippen molar-refractivity contribution in [1.29, 1.82) is 0 Å². The number of carbonyl (C=O) groups excluding carboxylic acids is 1. The van der Waals surface area contributed by atoms with Gasteiger partial charge in [-0.15, -0.1) is 0 Å². The van der Waals surface area contributed by atoms with Crippen molar-refractivity contribution in [2.24, 2.45) is 10.8 Å². The predicted molar refractivity (Wildman–Crippen MR) is 48.0 cm³/mol. The predicted octanol–water partition coefficient (Wildman–Crippen LogP) is 0.0905. The Labute approximate surface area is 74.9 Å². The minimum Gasteiger partial charge on any atom is -0.385 e. The fourth-order valence-corrected chi connectivity index (χ4v) is 1.14. The molecule has 1 aromatic rings. The number of hydrogen-bond donors (Lipinski definition) is 1. The van der Waals surface area contributed by atoms with Gasteiger partial charge in [0.2, 0.25) is 0 Å². The van der Waals surface area contributed by atoms with Crippen molar-refractivity contribution < 1.29 is 4.79 Å². The van der Waals surface area contributed by atoms with Crippen molar-refractivity contribution in [3.63, 3.8) is 0 Å². The van der Waals surface area contributed by atoms with E-state index in [0.29, 0.717) is 11.5 Å². The van der Waals surface area contributed by atoms with Gasteiger partial charge in [-0.2, -0.15) is 10.1 Å². The highest BCUT2D eigenvalue weighted by atomic mass is 16.2. The monoisotopic (exact) mass is 176 g/mol. The van der Waals surface area contributed by atoms with Gasteiger partial charge < -0.3 is 5.73 Å². The molecule has 2 heterocycles. The summed E-state index contributed by atoms with van der Waals surface area (Å²) in [5, 5.41) is 5.18. The normalized spacial score (nSPS) is 16.2. The van der Waals surface area contributed by atoms with E-state index in [1.165, 1.54) is 5.01 Å². The van der Waals surface area contributed by atoms with Gasteiger partial charge >= 0.3 is 0 Å². The van der Waals surface area contributed by atoms with E-state index in [2.05, 4.69) is 10.1 Å². The van der Waals surface area contributed by atoms with Gasteiger partial charge in [-0.1, -0.05) is 0 Å². The quantitative estimate of drug-likeness (QED) is 0.659. The fraction of sp³-hybridized carbons (Fsp3) is 0.125. The van der Waals surface area contributed by atoms with E-state index < -0.39 is 0 Å². The van der Waals surface area contributed by atoms with E-state index >= 15 is 0 Å². The van der Waals surface area contributed by atoms with Crippen molar-refractivity contribution in [2.45, 2.75) is 6.42 Å². The summed E-state index contributed by atoms with van der Waals surface area (Å²) in [7, 11) is 0. The van der Waals surface area contributed by atoms with Crippen LogP contribution in [0, 0.1) is 0 Å². The molecule has 1 amide bonds. The van der Waals surface area contributed by atoms with Crippen molar-refractivity contribution >= 4 is 17.4 Å². The summed E-state index contributed by atoms with van der Waals surface area (Å²) in [4.78, 5) is 15.1. The molecule has 1 aliphatic heterocycles. The van der Waals surface area contributed by atoms with Gasteiger partial charge in [0.1, 0.15) is 5.84 Å². The SMILES string of the molecule is NC1=NN(c2ccncc2)C(=O)C1. The van der Waals surface area contributed by atoms with Gasteiger partial charge in [0.05, 0.1) is 12.1 Å². The zero-order valence-electron chi connectivity index (χ0n) is 6.84. The lowest BCUT2D eigenvalue weighted by molar-refractivity contribution is -0.116. The first-order valence-corrected chi connectivity index (χ1v) is 3.83. The first-order chi connectivity index (χ1) is 6.27. The zero-order valence-corrected chi connectivity index (χ0v) is 6.84. The molecule has 0 aliphatic carbocycles. The second-order valence-corrected chi connectivity index (χ2v) is 2.68. The van der Waals surface area contributed by atoms with Gasteiger partial charge in [0.15, 0.2) is 0 Å². The highest BCUT2D eigenvalue weighted by Gasteiger charge is 2.22. The number of nitrogens with two attached hydrogens (primary N) is 1. The molecule has 0 aromatic carbocycles. The molecule has 0 saturated heterocycles. The maximum atomic E-state index is 11.3. The van der Waals surface area contributed by atoms with Gasteiger partial charge in [0, 0.05) is 12.4 Å². The minimum absolute atomic E-state index is 0.108. The topological polar surface area (TPSA) is 71.6 Å². The van der Waals surface area contributed by atoms with Crippen LogP contribution < -0.4 is 10.7 Å². The van der Waals surface area contributed by atoms with Crippen molar-refractivity contribution in [2.75, 3.05) is 5.01 Å². The Kier molecular flexibility index (Phi) is 1.70. The zero-order chi connectivity index (χ0) is 9.26. The van der Waals surface area contributed by atoms with Crippen LogP contribution in [0.5, 0.6) is 0 Å². The minimum atomic E-state index is -0.108. The van der Waals surface area contributed by atoms with Crippen LogP contribution in [0.15, 0.2) is 29.6 Å². The lowest BCUT2D eigenvalue weighted by Crippen LogP contribution is -2.19. The van der Waals surface area contributed by atoms with E-state index in [-0.39, 0.29) is 12.3 Å². The van der Waals surface area contributed by atoms with E-state index in [1.807, 2.05) is 0 Å². The lowest BCUT2D eigenvalue weighted by Gasteiger charge is -2.09. The maximum Gasteiger partial charge on any atom is 0.255 e. The van der Waals surface area contributed by atoms with Crippen LogP contribution in [-0.4, -0.2) is 16.7 Å². The molecule has 0 spiro atoms. The number of amides is 1. The number of amidine groups is 1. The molecule has 66 valence electrons. The van der Waals surface area contributed by atoms with Crippen LogP contribution in [0.3, 0.4) is 0 Å². The smallest absolute Gasteiger partial charge is 0.255 e. The molecule has 0 saturated carbocycles. The van der Waals surface area contributed by atoms with Crippen molar-refractivity contribution in [3.8, 4) is 0 Å². The number of hydrazone groups is 1. The molecule has 2 rings (SSSR count). The number of hydrogen-bond acceptors (Lipinski definition) is 4. The van der Waals surface area contributed by atoms with E-state index in [4.69, 9.17) is 5.73 Å². The number of rotatable bonds is 1. The molecular weight excluding hydrogens is 168 g/mol. The Bertz CT molecular complexity index is 360. The summed E-state index contributed by atoms with van der Waals surface area (Å²) < 4.78 is 0. The van der Waals surface area contributed by atoms with Gasteiger partial charge in [-0.05, 0) is 12.1 Å². The van der Waals surface area contributed by atoms with Crippen LogP contribution in [-0.2, 0) is 4.79 Å². The molecule has 0 atom stereocenters. The molecule has 13 heavy (non-hydrogen) atoms. The second kappa shape index (κ2) is 2.85. The molecular formula is C8H8N4O. The van der Waals surface area contributed by atoms with Gasteiger partial charge in [-0.3, -0.25) is 9.78 Å². The molecule has 5 heteroatoms. The van der Waals surface area contributed by atoms with Crippen LogP contribution in [0.2, 0.25) is 0 Å². The molecule has 2 N–H and O–H groups in total. The third-order valence-corrected chi connectivity index (χ3v) is 1.70. The average Bonchev–Trinajstić information content (AvgIpc) is 2.47. The highest BCUT2D eigenvalue weighted by molar-refractivity contribution is 6.11. The first kappa shape index (κ1) is 7.72. The summed E-state index contributed by atoms with van der Waals surface area (Å²) in [6.45, 7) is 0. The summed E-state index contributed by atoms with van der Waals surface area (Å²) in [5.41, 5.74) is 6.12. The summed E-state index contributed by atoms with van der Waals surface area (Å²) in [6, 6.07) is 3.42. The molecule has 1 aliphatic rings. The van der Waals surface area contributed by atoms with Crippen LogP contribution >= 0.6 is 0 Å². The van der Waals surface area contributed by atoms with E-state index in [1.54, 1.807) is 24.5 Å². The molecule has 5 nitrogen and oxygen atoms in total. The number of anilines is 1. The number of carbonyl (C=O) groups is 1. The molecule has 0 radical (unpaired) electrons. The van der Waals surface area contributed by atoms with Gasteiger partial charge in [-0.25, -0.2) is 0 Å². The van der Waals surface area contributed by atoms with E-state index in [0.717, 1.165) is 0 Å². The summed E-state index contributed by atoms with van der Waals surface area (Å²) in [6.07, 6.45) is 3.40. The number of pyridine rings is 1. The lowest BCUT2D eigenvalue weighted by atomic mass is 10.3. The Balaban J connectivity index is 2.33. The third-order valence-electron chi connectivity index (χ3n) is 1.70. The number of nitrogens with zero attached hydrogens (tertiary/aromatic N) is 3. The third kappa shape index (κ3) is 1.35.